The SMILES string of the molecule is Cc1cc(C)c2[nH]c3c(c2c1)CCNC3(C)C. The molecule has 0 bridgehead atoms. The molecule has 90 valence electrons. The summed E-state index contributed by atoms with van der Waals surface area (Å²) in [5.41, 5.74) is 6.96. The van der Waals surface area contributed by atoms with Crippen LogP contribution in [-0.4, -0.2) is 11.5 Å². The highest BCUT2D eigenvalue weighted by Crippen LogP contribution is 2.34. The van der Waals surface area contributed by atoms with Gasteiger partial charge in [-0.25, -0.2) is 0 Å². The van der Waals surface area contributed by atoms with Crippen LogP contribution in [0.4, 0.5) is 0 Å². The van der Waals surface area contributed by atoms with Crippen LogP contribution in [-0.2, 0) is 12.0 Å². The van der Waals surface area contributed by atoms with Crippen molar-refractivity contribution < 1.29 is 0 Å². The highest BCUT2D eigenvalue weighted by atomic mass is 15.0. The maximum atomic E-state index is 3.64. The molecule has 2 nitrogen and oxygen atoms in total. The molecule has 2 aromatic rings. The van der Waals surface area contributed by atoms with Crippen molar-refractivity contribution in [2.75, 3.05) is 6.54 Å². The van der Waals surface area contributed by atoms with Crippen molar-refractivity contribution >= 4 is 10.9 Å². The lowest BCUT2D eigenvalue weighted by molar-refractivity contribution is 0.374. The van der Waals surface area contributed by atoms with Gasteiger partial charge in [0.25, 0.3) is 0 Å². The molecule has 0 fully saturated rings. The lowest BCUT2D eigenvalue weighted by Crippen LogP contribution is -2.42. The van der Waals surface area contributed by atoms with E-state index in [1.165, 1.54) is 33.3 Å². The van der Waals surface area contributed by atoms with Crippen LogP contribution >= 0.6 is 0 Å². The zero-order valence-electron chi connectivity index (χ0n) is 11.1. The Balaban J connectivity index is 2.38. The lowest BCUT2D eigenvalue weighted by Gasteiger charge is -2.31. The van der Waals surface area contributed by atoms with Crippen LogP contribution in [0.3, 0.4) is 0 Å². The Morgan fingerprint density at radius 1 is 1.18 bits per heavy atom. The van der Waals surface area contributed by atoms with Crippen molar-refractivity contribution in [2.45, 2.75) is 39.7 Å². The summed E-state index contributed by atoms with van der Waals surface area (Å²) in [4.78, 5) is 3.64. The van der Waals surface area contributed by atoms with Crippen molar-refractivity contribution in [3.63, 3.8) is 0 Å². The summed E-state index contributed by atoms with van der Waals surface area (Å²) >= 11 is 0. The molecular formula is C15H20N2. The first-order valence-corrected chi connectivity index (χ1v) is 6.36. The topological polar surface area (TPSA) is 27.8 Å². The van der Waals surface area contributed by atoms with E-state index in [9.17, 15) is 0 Å². The summed E-state index contributed by atoms with van der Waals surface area (Å²) in [7, 11) is 0. The standard InChI is InChI=1S/C15H20N2/c1-9-7-10(2)13-12(8-9)11-5-6-16-15(3,4)14(11)17-13/h7-8,16-17H,5-6H2,1-4H3. The summed E-state index contributed by atoms with van der Waals surface area (Å²) in [6.45, 7) is 9.95. The molecule has 2 heterocycles. The van der Waals surface area contributed by atoms with Gasteiger partial charge in [-0.2, -0.15) is 0 Å². The van der Waals surface area contributed by atoms with Gasteiger partial charge < -0.3 is 10.3 Å². The third-order valence-corrected chi connectivity index (χ3v) is 3.92. The Morgan fingerprint density at radius 3 is 2.71 bits per heavy atom. The maximum absolute atomic E-state index is 3.64. The Labute approximate surface area is 102 Å². The molecule has 1 aromatic heterocycles. The first kappa shape index (κ1) is 10.8. The fraction of sp³-hybridized carbons (Fsp3) is 0.467. The highest BCUT2D eigenvalue weighted by Gasteiger charge is 2.30. The average Bonchev–Trinajstić information content (AvgIpc) is 2.58. The number of rotatable bonds is 0. The van der Waals surface area contributed by atoms with E-state index >= 15 is 0 Å². The predicted molar refractivity (Wildman–Crippen MR) is 72.5 cm³/mol. The second kappa shape index (κ2) is 3.36. The van der Waals surface area contributed by atoms with E-state index in [1.54, 1.807) is 0 Å². The Morgan fingerprint density at radius 2 is 1.94 bits per heavy atom. The fourth-order valence-electron chi connectivity index (χ4n) is 3.09. The first-order chi connectivity index (χ1) is 7.99. The number of nitrogens with one attached hydrogen (secondary N) is 2. The number of hydrogen-bond acceptors (Lipinski definition) is 1. The molecule has 2 heteroatoms. The number of aromatic nitrogens is 1. The maximum Gasteiger partial charge on any atom is 0.0532 e. The van der Waals surface area contributed by atoms with Gasteiger partial charge in [-0.3, -0.25) is 0 Å². The molecular weight excluding hydrogens is 208 g/mol. The van der Waals surface area contributed by atoms with Crippen molar-refractivity contribution in [3.8, 4) is 0 Å². The summed E-state index contributed by atoms with van der Waals surface area (Å²) in [5, 5.41) is 5.00. The second-order valence-corrected chi connectivity index (χ2v) is 5.78. The number of aromatic amines is 1. The minimum Gasteiger partial charge on any atom is -0.356 e. The Hall–Kier alpha value is -1.28. The van der Waals surface area contributed by atoms with E-state index in [0.29, 0.717) is 0 Å². The largest absolute Gasteiger partial charge is 0.356 e. The second-order valence-electron chi connectivity index (χ2n) is 5.78. The smallest absolute Gasteiger partial charge is 0.0532 e. The third kappa shape index (κ3) is 1.51. The molecule has 0 spiro atoms. The summed E-state index contributed by atoms with van der Waals surface area (Å²) in [6, 6.07) is 4.57. The molecule has 1 aliphatic heterocycles. The Bertz CT molecular complexity index is 590. The molecule has 0 aliphatic carbocycles. The van der Waals surface area contributed by atoms with Crippen molar-refractivity contribution in [2.24, 2.45) is 0 Å². The van der Waals surface area contributed by atoms with Crippen LogP contribution in [0.1, 0.15) is 36.2 Å². The molecule has 0 saturated heterocycles. The quantitative estimate of drug-likeness (QED) is 0.712. The molecule has 17 heavy (non-hydrogen) atoms. The molecule has 0 amide bonds. The zero-order valence-corrected chi connectivity index (χ0v) is 11.1. The summed E-state index contributed by atoms with van der Waals surface area (Å²) in [6.07, 6.45) is 1.13. The predicted octanol–water partition coefficient (Wildman–Crippen LogP) is 3.17. The van der Waals surface area contributed by atoms with Crippen LogP contribution in [0.5, 0.6) is 0 Å². The van der Waals surface area contributed by atoms with Gasteiger partial charge in [-0.15, -0.1) is 0 Å². The minimum absolute atomic E-state index is 0.0624. The van der Waals surface area contributed by atoms with Crippen LogP contribution in [0.25, 0.3) is 10.9 Å². The molecule has 1 aliphatic rings. The molecule has 0 atom stereocenters. The van der Waals surface area contributed by atoms with E-state index < -0.39 is 0 Å². The highest BCUT2D eigenvalue weighted by molar-refractivity contribution is 5.88. The van der Waals surface area contributed by atoms with Crippen molar-refractivity contribution in [1.29, 1.82) is 0 Å². The van der Waals surface area contributed by atoms with Gasteiger partial charge in [-0.1, -0.05) is 11.6 Å². The van der Waals surface area contributed by atoms with Crippen molar-refractivity contribution in [1.82, 2.24) is 10.3 Å². The van der Waals surface area contributed by atoms with Crippen LogP contribution in [0.2, 0.25) is 0 Å². The minimum atomic E-state index is 0.0624. The van der Waals surface area contributed by atoms with Crippen molar-refractivity contribution in [3.05, 3.63) is 34.5 Å². The summed E-state index contributed by atoms with van der Waals surface area (Å²) in [5.74, 6) is 0. The molecule has 0 radical (unpaired) electrons. The third-order valence-electron chi connectivity index (χ3n) is 3.92. The van der Waals surface area contributed by atoms with Crippen LogP contribution in [0.15, 0.2) is 12.1 Å². The van der Waals surface area contributed by atoms with E-state index in [4.69, 9.17) is 0 Å². The Kier molecular flexibility index (Phi) is 2.14. The zero-order chi connectivity index (χ0) is 12.2. The van der Waals surface area contributed by atoms with Gasteiger partial charge >= 0.3 is 0 Å². The number of H-pyrrole nitrogens is 1. The molecule has 1 aromatic carbocycles. The van der Waals surface area contributed by atoms with E-state index in [0.717, 1.165) is 13.0 Å². The molecule has 2 N–H and O–H groups in total. The van der Waals surface area contributed by atoms with Crippen LogP contribution < -0.4 is 5.32 Å². The number of benzene rings is 1. The number of aryl methyl sites for hydroxylation is 2. The van der Waals surface area contributed by atoms with Gasteiger partial charge in [0.05, 0.1) is 5.54 Å². The number of fused-ring (bicyclic) bond motifs is 3. The first-order valence-electron chi connectivity index (χ1n) is 6.36. The van der Waals surface area contributed by atoms with E-state index in [1.807, 2.05) is 0 Å². The summed E-state index contributed by atoms with van der Waals surface area (Å²) < 4.78 is 0. The normalized spacial score (nSPS) is 18.4. The van der Waals surface area contributed by atoms with Gasteiger partial charge in [-0.05, 0) is 51.3 Å². The van der Waals surface area contributed by atoms with Gasteiger partial charge in [0.2, 0.25) is 0 Å². The van der Waals surface area contributed by atoms with E-state index in [-0.39, 0.29) is 5.54 Å². The monoisotopic (exact) mass is 228 g/mol. The van der Waals surface area contributed by atoms with Gasteiger partial charge in [0, 0.05) is 23.1 Å². The number of hydrogen-bond donors (Lipinski definition) is 2. The van der Waals surface area contributed by atoms with Gasteiger partial charge in [0.15, 0.2) is 0 Å². The average molecular weight is 228 g/mol. The lowest BCUT2D eigenvalue weighted by atomic mass is 9.90. The fourth-order valence-corrected chi connectivity index (χ4v) is 3.09. The van der Waals surface area contributed by atoms with Crippen LogP contribution in [0, 0.1) is 13.8 Å². The molecule has 0 saturated carbocycles. The van der Waals surface area contributed by atoms with Gasteiger partial charge in [0.1, 0.15) is 0 Å². The molecule has 0 unspecified atom stereocenters. The van der Waals surface area contributed by atoms with E-state index in [2.05, 4.69) is 50.1 Å². The molecule has 3 rings (SSSR count).